The number of nitrogens with one attached hydrogen (secondary N) is 1. The summed E-state index contributed by atoms with van der Waals surface area (Å²) < 4.78 is 11.2. The lowest BCUT2D eigenvalue weighted by atomic mass is 10.0. The Hall–Kier alpha value is -2.86. The highest BCUT2D eigenvalue weighted by Gasteiger charge is 2.19. The van der Waals surface area contributed by atoms with Crippen LogP contribution in [0.3, 0.4) is 0 Å². The molecule has 0 saturated carbocycles. The van der Waals surface area contributed by atoms with Crippen molar-refractivity contribution in [2.45, 2.75) is 31.4 Å². The van der Waals surface area contributed by atoms with Crippen LogP contribution in [0.2, 0.25) is 0 Å². The molecular formula is C21H23NO5. The Balaban J connectivity index is 1.64. The maximum Gasteiger partial charge on any atom is 0.305 e. The Labute approximate surface area is 158 Å². The van der Waals surface area contributed by atoms with Crippen molar-refractivity contribution in [2.24, 2.45) is 0 Å². The van der Waals surface area contributed by atoms with Crippen LogP contribution in [-0.4, -0.2) is 36.3 Å². The van der Waals surface area contributed by atoms with E-state index in [0.717, 1.165) is 18.4 Å². The van der Waals surface area contributed by atoms with E-state index >= 15 is 0 Å². The quantitative estimate of drug-likeness (QED) is 0.783. The number of hydrogen-bond acceptors (Lipinski definition) is 4. The molecule has 2 N–H and O–H groups in total. The number of hydrogen-bond donors (Lipinski definition) is 2. The van der Waals surface area contributed by atoms with Crippen molar-refractivity contribution in [3.05, 3.63) is 65.7 Å². The average molecular weight is 369 g/mol. The van der Waals surface area contributed by atoms with Gasteiger partial charge in [-0.3, -0.25) is 9.59 Å². The van der Waals surface area contributed by atoms with E-state index in [4.69, 9.17) is 14.6 Å². The summed E-state index contributed by atoms with van der Waals surface area (Å²) in [6, 6.07) is 15.4. The van der Waals surface area contributed by atoms with Gasteiger partial charge in [-0.25, -0.2) is 0 Å². The van der Waals surface area contributed by atoms with Crippen LogP contribution in [0.5, 0.6) is 5.75 Å². The summed E-state index contributed by atoms with van der Waals surface area (Å²) >= 11 is 0. The van der Waals surface area contributed by atoms with Crippen LogP contribution in [-0.2, 0) is 9.53 Å². The summed E-state index contributed by atoms with van der Waals surface area (Å²) in [7, 11) is 0. The van der Waals surface area contributed by atoms with E-state index in [1.807, 2.05) is 18.2 Å². The molecular weight excluding hydrogens is 346 g/mol. The predicted molar refractivity (Wildman–Crippen MR) is 99.8 cm³/mol. The van der Waals surface area contributed by atoms with Crippen LogP contribution in [0.15, 0.2) is 54.6 Å². The minimum Gasteiger partial charge on any atom is -0.490 e. The van der Waals surface area contributed by atoms with Crippen molar-refractivity contribution in [3.8, 4) is 5.75 Å². The van der Waals surface area contributed by atoms with E-state index in [-0.39, 0.29) is 18.4 Å². The van der Waals surface area contributed by atoms with E-state index in [9.17, 15) is 9.59 Å². The third-order valence-corrected chi connectivity index (χ3v) is 4.47. The minimum absolute atomic E-state index is 0.136. The van der Waals surface area contributed by atoms with Gasteiger partial charge in [0.1, 0.15) is 11.9 Å². The second kappa shape index (κ2) is 9.19. The summed E-state index contributed by atoms with van der Waals surface area (Å²) in [5.41, 5.74) is 1.22. The van der Waals surface area contributed by atoms with E-state index in [1.54, 1.807) is 36.4 Å². The first kappa shape index (κ1) is 18.9. The van der Waals surface area contributed by atoms with Crippen molar-refractivity contribution in [1.29, 1.82) is 0 Å². The third-order valence-electron chi connectivity index (χ3n) is 4.47. The van der Waals surface area contributed by atoms with Gasteiger partial charge < -0.3 is 19.9 Å². The highest BCUT2D eigenvalue weighted by Crippen LogP contribution is 2.20. The molecule has 1 saturated heterocycles. The van der Waals surface area contributed by atoms with Crippen molar-refractivity contribution >= 4 is 11.9 Å². The summed E-state index contributed by atoms with van der Waals surface area (Å²) in [4.78, 5) is 23.7. The first-order chi connectivity index (χ1) is 13.1. The zero-order chi connectivity index (χ0) is 19.1. The van der Waals surface area contributed by atoms with Gasteiger partial charge in [0.2, 0.25) is 0 Å². The molecule has 1 amide bonds. The van der Waals surface area contributed by atoms with Gasteiger partial charge in [0.25, 0.3) is 5.91 Å². The SMILES string of the molecule is O=C(O)CC(NC(=O)c1ccc(OC2CCOCC2)cc1)c1ccccc1. The predicted octanol–water partition coefficient (Wildman–Crippen LogP) is 3.19. The number of carbonyl (C=O) groups excluding carboxylic acids is 1. The first-order valence-electron chi connectivity index (χ1n) is 9.04. The molecule has 0 radical (unpaired) electrons. The number of ether oxygens (including phenoxy) is 2. The average Bonchev–Trinajstić information content (AvgIpc) is 2.69. The van der Waals surface area contributed by atoms with Gasteiger partial charge in [0.15, 0.2) is 0 Å². The fourth-order valence-electron chi connectivity index (χ4n) is 3.02. The molecule has 1 heterocycles. The maximum absolute atomic E-state index is 12.5. The van der Waals surface area contributed by atoms with Gasteiger partial charge in [-0.15, -0.1) is 0 Å². The second-order valence-electron chi connectivity index (χ2n) is 6.49. The standard InChI is InChI=1S/C21H23NO5/c23-20(24)14-19(15-4-2-1-3-5-15)22-21(25)16-6-8-17(9-7-16)27-18-10-12-26-13-11-18/h1-9,18-19H,10-14H2,(H,22,25)(H,23,24). The fraction of sp³-hybridized carbons (Fsp3) is 0.333. The number of benzene rings is 2. The van der Waals surface area contributed by atoms with Gasteiger partial charge in [0.05, 0.1) is 25.7 Å². The topological polar surface area (TPSA) is 84.9 Å². The van der Waals surface area contributed by atoms with Crippen molar-refractivity contribution in [3.63, 3.8) is 0 Å². The summed E-state index contributed by atoms with van der Waals surface area (Å²) in [6.45, 7) is 1.41. The van der Waals surface area contributed by atoms with Gasteiger partial charge >= 0.3 is 5.97 Å². The van der Waals surface area contributed by atoms with Crippen molar-refractivity contribution in [2.75, 3.05) is 13.2 Å². The molecule has 6 heteroatoms. The van der Waals surface area contributed by atoms with Crippen LogP contribution in [0.25, 0.3) is 0 Å². The largest absolute Gasteiger partial charge is 0.490 e. The zero-order valence-corrected chi connectivity index (χ0v) is 15.0. The molecule has 142 valence electrons. The number of carboxylic acid groups (broad SMARTS) is 1. The molecule has 1 fully saturated rings. The molecule has 1 atom stereocenters. The highest BCUT2D eigenvalue weighted by molar-refractivity contribution is 5.94. The normalized spacial score (nSPS) is 15.7. The lowest BCUT2D eigenvalue weighted by Gasteiger charge is -2.23. The van der Waals surface area contributed by atoms with Crippen LogP contribution < -0.4 is 10.1 Å². The smallest absolute Gasteiger partial charge is 0.305 e. The lowest BCUT2D eigenvalue weighted by molar-refractivity contribution is -0.137. The highest BCUT2D eigenvalue weighted by atomic mass is 16.5. The Morgan fingerprint density at radius 1 is 1.07 bits per heavy atom. The van der Waals surface area contributed by atoms with Gasteiger partial charge in [-0.1, -0.05) is 30.3 Å². The molecule has 1 unspecified atom stereocenters. The van der Waals surface area contributed by atoms with Crippen molar-refractivity contribution in [1.82, 2.24) is 5.32 Å². The Kier molecular flexibility index (Phi) is 6.44. The van der Waals surface area contributed by atoms with Crippen molar-refractivity contribution < 1.29 is 24.2 Å². The summed E-state index contributed by atoms with van der Waals surface area (Å²) in [5, 5.41) is 11.9. The van der Waals surface area contributed by atoms with Crippen LogP contribution in [0.4, 0.5) is 0 Å². The number of rotatable bonds is 7. The van der Waals surface area contributed by atoms with E-state index < -0.39 is 12.0 Å². The molecule has 2 aromatic rings. The van der Waals surface area contributed by atoms with E-state index in [0.29, 0.717) is 24.5 Å². The van der Waals surface area contributed by atoms with Gasteiger partial charge in [-0.05, 0) is 29.8 Å². The minimum atomic E-state index is -0.968. The molecule has 27 heavy (non-hydrogen) atoms. The number of aliphatic carboxylic acids is 1. The Morgan fingerprint density at radius 3 is 2.37 bits per heavy atom. The van der Waals surface area contributed by atoms with Gasteiger partial charge in [0, 0.05) is 18.4 Å². The molecule has 0 aliphatic carbocycles. The van der Waals surface area contributed by atoms with Crippen LogP contribution >= 0.6 is 0 Å². The Bertz CT molecular complexity index is 754. The number of amides is 1. The molecule has 0 spiro atoms. The molecule has 6 nitrogen and oxygen atoms in total. The number of carbonyl (C=O) groups is 2. The molecule has 3 rings (SSSR count). The summed E-state index contributed by atoms with van der Waals surface area (Å²) in [6.07, 6.45) is 1.67. The maximum atomic E-state index is 12.5. The fourth-order valence-corrected chi connectivity index (χ4v) is 3.02. The molecule has 2 aromatic carbocycles. The third kappa shape index (κ3) is 5.56. The van der Waals surface area contributed by atoms with Crippen LogP contribution in [0, 0.1) is 0 Å². The summed E-state index contributed by atoms with van der Waals surface area (Å²) in [5.74, 6) is -0.573. The lowest BCUT2D eigenvalue weighted by Crippen LogP contribution is -2.30. The second-order valence-corrected chi connectivity index (χ2v) is 6.49. The number of carboxylic acids is 1. The molecule has 1 aliphatic rings. The molecule has 1 aliphatic heterocycles. The van der Waals surface area contributed by atoms with Gasteiger partial charge in [-0.2, -0.15) is 0 Å². The zero-order valence-electron chi connectivity index (χ0n) is 15.0. The first-order valence-corrected chi connectivity index (χ1v) is 9.04. The van der Waals surface area contributed by atoms with Crippen LogP contribution in [0.1, 0.15) is 41.2 Å². The Morgan fingerprint density at radius 2 is 1.74 bits per heavy atom. The molecule has 0 bridgehead atoms. The molecule has 0 aromatic heterocycles. The monoisotopic (exact) mass is 369 g/mol. The van der Waals surface area contributed by atoms with E-state index in [1.165, 1.54) is 0 Å². The van der Waals surface area contributed by atoms with E-state index in [2.05, 4.69) is 5.32 Å².